The minimum atomic E-state index is -0.743. The van der Waals surface area contributed by atoms with E-state index in [2.05, 4.69) is 15.6 Å². The van der Waals surface area contributed by atoms with Gasteiger partial charge in [0.15, 0.2) is 12.2 Å². The van der Waals surface area contributed by atoms with E-state index in [9.17, 15) is 9.59 Å². The maximum absolute atomic E-state index is 12.0. The van der Waals surface area contributed by atoms with Gasteiger partial charge in [0.1, 0.15) is 5.75 Å². The number of methoxy groups -OCH3 is 1. The lowest BCUT2D eigenvalue weighted by molar-refractivity contribution is -0.136. The molecule has 0 saturated carbocycles. The summed E-state index contributed by atoms with van der Waals surface area (Å²) in [6, 6.07) is 4.99. The highest BCUT2D eigenvalue weighted by atomic mass is 16.5. The van der Waals surface area contributed by atoms with Crippen LogP contribution in [0, 0.1) is 0 Å². The predicted octanol–water partition coefficient (Wildman–Crippen LogP) is 1.58. The standard InChI is InChI=1S/C17H19N3O5/c1-23-14-7-11(4-5-13(14)15-9-18-10-25-15)20-17(22)16(21)19-8-12-3-2-6-24-12/h4-5,7,9-10,12H,2-3,6,8H2,1H3,(H,19,21)(H,20,22). The Bertz CT molecular complexity index is 739. The largest absolute Gasteiger partial charge is 0.496 e. The second-order valence-electron chi connectivity index (χ2n) is 5.58. The number of aromatic nitrogens is 1. The minimum absolute atomic E-state index is 0.0157. The van der Waals surface area contributed by atoms with Crippen LogP contribution in [0.1, 0.15) is 12.8 Å². The van der Waals surface area contributed by atoms with Gasteiger partial charge in [0.05, 0.1) is 25.0 Å². The third kappa shape index (κ3) is 4.16. The summed E-state index contributed by atoms with van der Waals surface area (Å²) in [7, 11) is 1.51. The van der Waals surface area contributed by atoms with E-state index in [1.54, 1.807) is 24.4 Å². The number of carbonyl (C=O) groups is 2. The number of carbonyl (C=O) groups excluding carboxylic acids is 2. The second kappa shape index (κ2) is 7.80. The Balaban J connectivity index is 1.61. The molecular weight excluding hydrogens is 326 g/mol. The zero-order chi connectivity index (χ0) is 17.6. The molecule has 2 heterocycles. The average Bonchev–Trinajstić information content (AvgIpc) is 3.33. The van der Waals surface area contributed by atoms with Crippen LogP contribution in [-0.4, -0.2) is 43.2 Å². The van der Waals surface area contributed by atoms with Crippen molar-refractivity contribution in [2.75, 3.05) is 25.6 Å². The molecule has 132 valence electrons. The molecule has 0 aliphatic carbocycles. The zero-order valence-corrected chi connectivity index (χ0v) is 13.8. The van der Waals surface area contributed by atoms with Gasteiger partial charge in [-0.2, -0.15) is 0 Å². The normalized spacial score (nSPS) is 16.4. The van der Waals surface area contributed by atoms with Crippen molar-refractivity contribution in [1.29, 1.82) is 0 Å². The Labute approximate surface area is 144 Å². The SMILES string of the molecule is COc1cc(NC(=O)C(=O)NCC2CCCO2)ccc1-c1cnco1. The summed E-state index contributed by atoms with van der Waals surface area (Å²) < 4.78 is 16.0. The lowest BCUT2D eigenvalue weighted by Crippen LogP contribution is -2.39. The van der Waals surface area contributed by atoms with Crippen molar-refractivity contribution in [2.45, 2.75) is 18.9 Å². The van der Waals surface area contributed by atoms with Crippen molar-refractivity contribution in [1.82, 2.24) is 10.3 Å². The van der Waals surface area contributed by atoms with Crippen LogP contribution in [-0.2, 0) is 14.3 Å². The molecule has 0 radical (unpaired) electrons. The van der Waals surface area contributed by atoms with Gasteiger partial charge < -0.3 is 24.5 Å². The first-order valence-electron chi connectivity index (χ1n) is 7.95. The van der Waals surface area contributed by atoms with E-state index in [4.69, 9.17) is 13.9 Å². The molecule has 1 atom stereocenters. The molecule has 1 fully saturated rings. The number of oxazole rings is 1. The van der Waals surface area contributed by atoms with Crippen molar-refractivity contribution in [3.8, 4) is 17.1 Å². The van der Waals surface area contributed by atoms with E-state index >= 15 is 0 Å². The average molecular weight is 345 g/mol. The number of hydrogen-bond acceptors (Lipinski definition) is 6. The lowest BCUT2D eigenvalue weighted by Gasteiger charge is -2.12. The van der Waals surface area contributed by atoms with Gasteiger partial charge >= 0.3 is 11.8 Å². The van der Waals surface area contributed by atoms with Gasteiger partial charge in [0.2, 0.25) is 0 Å². The number of benzene rings is 1. The molecule has 1 aliphatic rings. The number of hydrogen-bond donors (Lipinski definition) is 2. The van der Waals surface area contributed by atoms with E-state index < -0.39 is 11.8 Å². The van der Waals surface area contributed by atoms with Gasteiger partial charge in [0, 0.05) is 24.9 Å². The molecule has 2 aromatic rings. The number of nitrogens with one attached hydrogen (secondary N) is 2. The fourth-order valence-corrected chi connectivity index (χ4v) is 2.60. The number of amides is 2. The van der Waals surface area contributed by atoms with Crippen LogP contribution in [0.4, 0.5) is 5.69 Å². The van der Waals surface area contributed by atoms with E-state index in [-0.39, 0.29) is 6.10 Å². The Hall–Kier alpha value is -2.87. The van der Waals surface area contributed by atoms with Gasteiger partial charge in [-0.25, -0.2) is 4.98 Å². The number of ether oxygens (including phenoxy) is 2. The summed E-state index contributed by atoms with van der Waals surface area (Å²) in [4.78, 5) is 27.7. The van der Waals surface area contributed by atoms with Crippen LogP contribution in [0.2, 0.25) is 0 Å². The number of nitrogens with zero attached hydrogens (tertiary/aromatic N) is 1. The Morgan fingerprint density at radius 2 is 2.24 bits per heavy atom. The molecule has 1 aromatic carbocycles. The van der Waals surface area contributed by atoms with Crippen LogP contribution in [0.15, 0.2) is 35.2 Å². The molecule has 1 aliphatic heterocycles. The molecule has 3 rings (SSSR count). The molecule has 8 nitrogen and oxygen atoms in total. The Morgan fingerprint density at radius 1 is 1.36 bits per heavy atom. The van der Waals surface area contributed by atoms with Gasteiger partial charge in [0.25, 0.3) is 0 Å². The van der Waals surface area contributed by atoms with Crippen molar-refractivity contribution >= 4 is 17.5 Å². The van der Waals surface area contributed by atoms with Crippen LogP contribution >= 0.6 is 0 Å². The molecular formula is C17H19N3O5. The Morgan fingerprint density at radius 3 is 2.92 bits per heavy atom. The second-order valence-corrected chi connectivity index (χ2v) is 5.58. The topological polar surface area (TPSA) is 103 Å². The molecule has 8 heteroatoms. The minimum Gasteiger partial charge on any atom is -0.496 e. The summed E-state index contributed by atoms with van der Waals surface area (Å²) in [5.74, 6) is -0.403. The molecule has 1 saturated heterocycles. The van der Waals surface area contributed by atoms with Crippen molar-refractivity contribution < 1.29 is 23.5 Å². The first kappa shape index (κ1) is 17.0. The summed E-state index contributed by atoms with van der Waals surface area (Å²) >= 11 is 0. The van der Waals surface area contributed by atoms with Gasteiger partial charge in [-0.3, -0.25) is 9.59 Å². The van der Waals surface area contributed by atoms with Crippen molar-refractivity contribution in [3.05, 3.63) is 30.8 Å². The number of rotatable bonds is 5. The summed E-state index contributed by atoms with van der Waals surface area (Å²) in [6.45, 7) is 1.03. The molecule has 1 unspecified atom stereocenters. The van der Waals surface area contributed by atoms with E-state index in [0.29, 0.717) is 35.9 Å². The predicted molar refractivity (Wildman–Crippen MR) is 89.1 cm³/mol. The molecule has 0 spiro atoms. The van der Waals surface area contributed by atoms with E-state index in [1.165, 1.54) is 13.5 Å². The fraction of sp³-hybridized carbons (Fsp3) is 0.353. The monoisotopic (exact) mass is 345 g/mol. The fourth-order valence-electron chi connectivity index (χ4n) is 2.60. The van der Waals surface area contributed by atoms with Crippen molar-refractivity contribution in [3.63, 3.8) is 0 Å². The summed E-state index contributed by atoms with van der Waals surface area (Å²) in [5.41, 5.74) is 1.14. The smallest absolute Gasteiger partial charge is 0.313 e. The van der Waals surface area contributed by atoms with Crippen LogP contribution in [0.25, 0.3) is 11.3 Å². The zero-order valence-electron chi connectivity index (χ0n) is 13.8. The van der Waals surface area contributed by atoms with E-state index in [0.717, 1.165) is 12.8 Å². The first-order valence-corrected chi connectivity index (χ1v) is 7.95. The maximum atomic E-state index is 12.0. The lowest BCUT2D eigenvalue weighted by atomic mass is 10.1. The number of anilines is 1. The van der Waals surface area contributed by atoms with Gasteiger partial charge in [-0.15, -0.1) is 0 Å². The highest BCUT2D eigenvalue weighted by Crippen LogP contribution is 2.32. The van der Waals surface area contributed by atoms with Gasteiger partial charge in [-0.1, -0.05) is 0 Å². The van der Waals surface area contributed by atoms with Crippen LogP contribution in [0.3, 0.4) is 0 Å². The highest BCUT2D eigenvalue weighted by Gasteiger charge is 2.20. The Kier molecular flexibility index (Phi) is 5.30. The molecule has 25 heavy (non-hydrogen) atoms. The van der Waals surface area contributed by atoms with Crippen LogP contribution < -0.4 is 15.4 Å². The first-order chi connectivity index (χ1) is 12.2. The third-order valence-electron chi connectivity index (χ3n) is 3.88. The van der Waals surface area contributed by atoms with Crippen LogP contribution in [0.5, 0.6) is 5.75 Å². The highest BCUT2D eigenvalue weighted by molar-refractivity contribution is 6.39. The maximum Gasteiger partial charge on any atom is 0.313 e. The van der Waals surface area contributed by atoms with Gasteiger partial charge in [-0.05, 0) is 25.0 Å². The quantitative estimate of drug-likeness (QED) is 0.798. The summed E-state index contributed by atoms with van der Waals surface area (Å²) in [6.07, 6.45) is 4.74. The summed E-state index contributed by atoms with van der Waals surface area (Å²) in [5, 5.41) is 5.12. The molecule has 1 aromatic heterocycles. The molecule has 2 amide bonds. The molecule has 2 N–H and O–H groups in total. The van der Waals surface area contributed by atoms with E-state index in [1.807, 2.05) is 0 Å². The molecule has 0 bridgehead atoms. The third-order valence-corrected chi connectivity index (χ3v) is 3.88. The van der Waals surface area contributed by atoms with Crippen molar-refractivity contribution in [2.24, 2.45) is 0 Å².